The van der Waals surface area contributed by atoms with Gasteiger partial charge in [-0.25, -0.2) is 0 Å². The summed E-state index contributed by atoms with van der Waals surface area (Å²) in [4.78, 5) is 10.5. The van der Waals surface area contributed by atoms with Crippen molar-refractivity contribution >= 4 is 5.97 Å². The average molecular weight is 230 g/mol. The monoisotopic (exact) mass is 230 g/mol. The van der Waals surface area contributed by atoms with Gasteiger partial charge in [-0.2, -0.15) is 5.10 Å². The van der Waals surface area contributed by atoms with Crippen LogP contribution in [0, 0.1) is 6.92 Å². The predicted molar refractivity (Wildman–Crippen MR) is 64.7 cm³/mol. The number of aryl methyl sites for hydroxylation is 2. The van der Waals surface area contributed by atoms with Gasteiger partial charge in [0.1, 0.15) is 0 Å². The molecule has 4 heteroatoms. The van der Waals surface area contributed by atoms with Gasteiger partial charge >= 0.3 is 5.97 Å². The second-order valence-electron chi connectivity index (χ2n) is 4.01. The van der Waals surface area contributed by atoms with Crippen molar-refractivity contribution in [2.45, 2.75) is 19.9 Å². The van der Waals surface area contributed by atoms with Gasteiger partial charge in [-0.15, -0.1) is 0 Å². The van der Waals surface area contributed by atoms with Crippen molar-refractivity contribution in [3.63, 3.8) is 0 Å². The topological polar surface area (TPSA) is 55.1 Å². The highest BCUT2D eigenvalue weighted by Gasteiger charge is 2.03. The first kappa shape index (κ1) is 11.4. The third-order valence-corrected chi connectivity index (χ3v) is 2.54. The third kappa shape index (κ3) is 2.93. The lowest BCUT2D eigenvalue weighted by atomic mass is 10.1. The van der Waals surface area contributed by atoms with Crippen LogP contribution in [0.25, 0.3) is 11.1 Å². The number of hydrogen-bond acceptors (Lipinski definition) is 2. The quantitative estimate of drug-likeness (QED) is 0.877. The number of hydrogen-bond donors (Lipinski definition) is 1. The maximum Gasteiger partial charge on any atom is 0.305 e. The van der Waals surface area contributed by atoms with E-state index in [2.05, 4.69) is 11.2 Å². The summed E-state index contributed by atoms with van der Waals surface area (Å²) in [6, 6.07) is 8.14. The first-order chi connectivity index (χ1) is 8.15. The smallest absolute Gasteiger partial charge is 0.305 e. The third-order valence-electron chi connectivity index (χ3n) is 2.54. The van der Waals surface area contributed by atoms with Gasteiger partial charge < -0.3 is 5.11 Å². The Kier molecular flexibility index (Phi) is 3.23. The number of carbonyl (C=O) groups is 1. The zero-order chi connectivity index (χ0) is 12.3. The molecule has 4 nitrogen and oxygen atoms in total. The maximum absolute atomic E-state index is 10.5. The fourth-order valence-electron chi connectivity index (χ4n) is 1.67. The van der Waals surface area contributed by atoms with Crippen LogP contribution in [-0.2, 0) is 11.3 Å². The Morgan fingerprint density at radius 2 is 2.24 bits per heavy atom. The van der Waals surface area contributed by atoms with Gasteiger partial charge in [-0.1, -0.05) is 29.8 Å². The zero-order valence-electron chi connectivity index (χ0n) is 9.63. The molecule has 88 valence electrons. The van der Waals surface area contributed by atoms with Crippen molar-refractivity contribution in [2.24, 2.45) is 0 Å². The van der Waals surface area contributed by atoms with E-state index < -0.39 is 5.97 Å². The van der Waals surface area contributed by atoms with Crippen LogP contribution in [0.3, 0.4) is 0 Å². The van der Waals surface area contributed by atoms with E-state index in [-0.39, 0.29) is 6.42 Å². The molecule has 0 radical (unpaired) electrons. The molecule has 0 saturated carbocycles. The largest absolute Gasteiger partial charge is 0.481 e. The molecule has 0 bridgehead atoms. The lowest BCUT2D eigenvalue weighted by Crippen LogP contribution is -2.04. The van der Waals surface area contributed by atoms with E-state index in [0.29, 0.717) is 6.54 Å². The first-order valence-electron chi connectivity index (χ1n) is 5.46. The van der Waals surface area contributed by atoms with Crippen LogP contribution in [0.2, 0.25) is 0 Å². The van der Waals surface area contributed by atoms with E-state index in [1.54, 1.807) is 10.9 Å². The number of aliphatic carboxylic acids is 1. The minimum atomic E-state index is -0.808. The Morgan fingerprint density at radius 3 is 2.94 bits per heavy atom. The number of benzene rings is 1. The summed E-state index contributed by atoms with van der Waals surface area (Å²) in [7, 11) is 0. The summed E-state index contributed by atoms with van der Waals surface area (Å²) in [6.45, 7) is 2.44. The maximum atomic E-state index is 10.5. The van der Waals surface area contributed by atoms with E-state index in [1.807, 2.05) is 31.3 Å². The highest BCUT2D eigenvalue weighted by Crippen LogP contribution is 2.19. The highest BCUT2D eigenvalue weighted by molar-refractivity contribution is 5.66. The first-order valence-corrected chi connectivity index (χ1v) is 5.46. The van der Waals surface area contributed by atoms with E-state index in [9.17, 15) is 4.79 Å². The number of carboxylic acid groups (broad SMARTS) is 1. The molecule has 0 saturated heterocycles. The fourth-order valence-corrected chi connectivity index (χ4v) is 1.67. The molecule has 1 aromatic heterocycles. The Balaban J connectivity index is 2.15. The number of carboxylic acids is 1. The van der Waals surface area contributed by atoms with Gasteiger partial charge in [0.15, 0.2) is 0 Å². The molecule has 0 atom stereocenters. The van der Waals surface area contributed by atoms with Crippen molar-refractivity contribution in [2.75, 3.05) is 0 Å². The van der Waals surface area contributed by atoms with Crippen LogP contribution in [0.5, 0.6) is 0 Å². The lowest BCUT2D eigenvalue weighted by Gasteiger charge is -1.99. The summed E-state index contributed by atoms with van der Waals surface area (Å²) >= 11 is 0. The Bertz CT molecular complexity index is 532. The molecule has 0 unspecified atom stereocenters. The molecule has 0 fully saturated rings. The molecule has 0 aliphatic heterocycles. The Morgan fingerprint density at radius 1 is 1.41 bits per heavy atom. The van der Waals surface area contributed by atoms with Crippen molar-refractivity contribution in [3.8, 4) is 11.1 Å². The number of nitrogens with zero attached hydrogens (tertiary/aromatic N) is 2. The minimum absolute atomic E-state index is 0.0922. The van der Waals surface area contributed by atoms with Crippen LogP contribution in [0.15, 0.2) is 36.7 Å². The molecule has 1 N–H and O–H groups in total. The standard InChI is InChI=1S/C13H14N2O2/c1-10-3-2-4-11(7-10)12-8-14-15(9-12)6-5-13(16)17/h2-4,7-9H,5-6H2,1H3,(H,16,17). The molecular weight excluding hydrogens is 216 g/mol. The molecular formula is C13H14N2O2. The Labute approximate surface area is 99.5 Å². The molecule has 0 aliphatic carbocycles. The van der Waals surface area contributed by atoms with Gasteiger partial charge in [0, 0.05) is 11.8 Å². The van der Waals surface area contributed by atoms with Crippen LogP contribution in [-0.4, -0.2) is 20.9 Å². The lowest BCUT2D eigenvalue weighted by molar-refractivity contribution is -0.137. The van der Waals surface area contributed by atoms with Crippen LogP contribution in [0.4, 0.5) is 0 Å². The molecule has 0 amide bonds. The highest BCUT2D eigenvalue weighted by atomic mass is 16.4. The van der Waals surface area contributed by atoms with Gasteiger partial charge in [-0.3, -0.25) is 9.48 Å². The van der Waals surface area contributed by atoms with Crippen molar-refractivity contribution in [1.29, 1.82) is 0 Å². The number of rotatable bonds is 4. The molecule has 2 rings (SSSR count). The van der Waals surface area contributed by atoms with Crippen molar-refractivity contribution in [1.82, 2.24) is 9.78 Å². The van der Waals surface area contributed by atoms with Gasteiger partial charge in [0.25, 0.3) is 0 Å². The molecule has 1 heterocycles. The second kappa shape index (κ2) is 4.82. The van der Waals surface area contributed by atoms with E-state index in [0.717, 1.165) is 11.1 Å². The SMILES string of the molecule is Cc1cccc(-c2cnn(CCC(=O)O)c2)c1. The summed E-state index contributed by atoms with van der Waals surface area (Å²) in [6.07, 6.45) is 3.73. The van der Waals surface area contributed by atoms with Crippen molar-refractivity contribution < 1.29 is 9.90 Å². The normalized spacial score (nSPS) is 10.4. The summed E-state index contributed by atoms with van der Waals surface area (Å²) in [5, 5.41) is 12.7. The second-order valence-corrected chi connectivity index (χ2v) is 4.01. The fraction of sp³-hybridized carbons (Fsp3) is 0.231. The van der Waals surface area contributed by atoms with E-state index in [4.69, 9.17) is 5.11 Å². The molecule has 0 spiro atoms. The van der Waals surface area contributed by atoms with Gasteiger partial charge in [0.05, 0.1) is 19.2 Å². The van der Waals surface area contributed by atoms with E-state index in [1.165, 1.54) is 5.56 Å². The average Bonchev–Trinajstić information content (AvgIpc) is 2.75. The Hall–Kier alpha value is -2.10. The summed E-state index contributed by atoms with van der Waals surface area (Å²) < 4.78 is 1.66. The van der Waals surface area contributed by atoms with Gasteiger partial charge in [-0.05, 0) is 12.5 Å². The predicted octanol–water partition coefficient (Wildman–Crippen LogP) is 2.33. The molecule has 1 aromatic carbocycles. The molecule has 2 aromatic rings. The minimum Gasteiger partial charge on any atom is -0.481 e. The van der Waals surface area contributed by atoms with Gasteiger partial charge in [0.2, 0.25) is 0 Å². The van der Waals surface area contributed by atoms with Crippen LogP contribution >= 0.6 is 0 Å². The molecule has 17 heavy (non-hydrogen) atoms. The van der Waals surface area contributed by atoms with Crippen molar-refractivity contribution in [3.05, 3.63) is 42.2 Å². The molecule has 0 aliphatic rings. The number of aromatic nitrogens is 2. The summed E-state index contributed by atoms with van der Waals surface area (Å²) in [5.74, 6) is -0.808. The van der Waals surface area contributed by atoms with E-state index >= 15 is 0 Å². The van der Waals surface area contributed by atoms with Crippen LogP contribution < -0.4 is 0 Å². The van der Waals surface area contributed by atoms with Crippen LogP contribution in [0.1, 0.15) is 12.0 Å². The zero-order valence-corrected chi connectivity index (χ0v) is 9.63. The summed E-state index contributed by atoms with van der Waals surface area (Å²) in [5.41, 5.74) is 3.31.